The van der Waals surface area contributed by atoms with Gasteiger partial charge in [-0.1, -0.05) is 29.3 Å². The minimum atomic E-state index is -3.64. The molecule has 1 unspecified atom stereocenters. The first-order chi connectivity index (χ1) is 17.4. The van der Waals surface area contributed by atoms with Crippen LogP contribution in [0, 0.1) is 0 Å². The van der Waals surface area contributed by atoms with Gasteiger partial charge in [-0.05, 0) is 59.7 Å². The summed E-state index contributed by atoms with van der Waals surface area (Å²) >= 11 is 13.4. The van der Waals surface area contributed by atoms with Crippen molar-refractivity contribution >= 4 is 52.3 Å². The van der Waals surface area contributed by atoms with Crippen molar-refractivity contribution in [3.8, 4) is 0 Å². The van der Waals surface area contributed by atoms with Gasteiger partial charge in [0.15, 0.2) is 0 Å². The number of thiophene rings is 1. The summed E-state index contributed by atoms with van der Waals surface area (Å²) in [6, 6.07) is 3.81. The molecule has 1 heterocycles. The highest BCUT2D eigenvalue weighted by atomic mass is 35.5. The molecule has 37 heavy (non-hydrogen) atoms. The van der Waals surface area contributed by atoms with Crippen molar-refractivity contribution in [1.29, 1.82) is 0 Å². The molecule has 0 saturated carbocycles. The summed E-state index contributed by atoms with van der Waals surface area (Å²) in [5.74, 6) is -6.79. The summed E-state index contributed by atoms with van der Waals surface area (Å²) in [6.07, 6.45) is -0.128. The van der Waals surface area contributed by atoms with Crippen molar-refractivity contribution in [3.63, 3.8) is 0 Å². The van der Waals surface area contributed by atoms with Gasteiger partial charge in [0.25, 0.3) is 17.7 Å². The van der Waals surface area contributed by atoms with E-state index in [9.17, 15) is 38.5 Å². The van der Waals surface area contributed by atoms with Crippen molar-refractivity contribution < 1.29 is 38.5 Å². The Morgan fingerprint density at radius 3 is 2.41 bits per heavy atom. The minimum Gasteiger partial charge on any atom is -0.508 e. The number of rotatable bonds is 10. The molecule has 1 aliphatic rings. The molecule has 0 radical (unpaired) electrons. The van der Waals surface area contributed by atoms with E-state index in [1.807, 2.05) is 0 Å². The van der Waals surface area contributed by atoms with Crippen LogP contribution in [0.25, 0.3) is 0 Å². The second-order valence-corrected chi connectivity index (χ2v) is 9.98. The van der Waals surface area contributed by atoms with Crippen LogP contribution in [-0.2, 0) is 11.2 Å². The monoisotopic (exact) mass is 574 g/mol. The van der Waals surface area contributed by atoms with Gasteiger partial charge in [-0.3, -0.25) is 9.59 Å². The fraction of sp³-hybridized carbons (Fsp3) is 0.292. The first-order valence-electron chi connectivity index (χ1n) is 10.9. The average Bonchev–Trinajstić information content (AvgIpc) is 3.35. The fourth-order valence-corrected chi connectivity index (χ4v) is 4.97. The van der Waals surface area contributed by atoms with Crippen LogP contribution in [0.2, 0.25) is 10.0 Å². The lowest BCUT2D eigenvalue weighted by Crippen LogP contribution is -2.48. The van der Waals surface area contributed by atoms with Crippen molar-refractivity contribution in [2.45, 2.75) is 37.3 Å². The Morgan fingerprint density at radius 1 is 1.16 bits per heavy atom. The Labute approximate surface area is 224 Å². The van der Waals surface area contributed by atoms with Gasteiger partial charge in [0, 0.05) is 13.0 Å². The number of hydrogen-bond acceptors (Lipinski definition) is 6. The van der Waals surface area contributed by atoms with Crippen LogP contribution in [-0.4, -0.2) is 57.7 Å². The molecule has 0 saturated heterocycles. The molecule has 0 fully saturated rings. The van der Waals surface area contributed by atoms with Gasteiger partial charge in [-0.15, -0.1) is 11.3 Å². The number of carbonyl (C=O) groups excluding carboxylic acids is 2. The SMILES string of the molecule is O=C(NC[C@H](NC(=O)c1c(Cl)cc(CC(F)(F)C(O)C2=CC(O)=CCC2)cc1Cl)C(=O)O)c1cccs1. The molecule has 2 amide bonds. The molecule has 2 atom stereocenters. The standard InChI is InChI=1S/C24H22Cl2F2N2O6S/c25-15-7-12(10-24(27,28)20(32)13-3-1-4-14(31)9-13)8-16(26)19(15)22(34)30-17(23(35)36)11-29-21(33)18-5-2-6-37-18/h2,4-9,17,20,31-32H,1,3,10-11H2,(H,29,33)(H,30,34)(H,35,36)/t17-,20?/m0/s1. The molecule has 1 aromatic heterocycles. The summed E-state index contributed by atoms with van der Waals surface area (Å²) in [4.78, 5) is 36.8. The zero-order chi connectivity index (χ0) is 27.3. The maximum atomic E-state index is 14.8. The van der Waals surface area contributed by atoms with Gasteiger partial charge in [0.2, 0.25) is 0 Å². The maximum absolute atomic E-state index is 14.8. The van der Waals surface area contributed by atoms with Crippen LogP contribution in [0.15, 0.2) is 53.1 Å². The molecule has 0 spiro atoms. The zero-order valence-corrected chi connectivity index (χ0v) is 21.3. The lowest BCUT2D eigenvalue weighted by atomic mass is 9.91. The van der Waals surface area contributed by atoms with Gasteiger partial charge in [0.05, 0.1) is 20.5 Å². The Bertz CT molecular complexity index is 1230. The van der Waals surface area contributed by atoms with Crippen molar-refractivity contribution in [2.24, 2.45) is 0 Å². The molecule has 0 bridgehead atoms. The van der Waals surface area contributed by atoms with Crippen LogP contribution in [0.3, 0.4) is 0 Å². The number of alkyl halides is 2. The third-order valence-electron chi connectivity index (χ3n) is 5.45. The number of carboxylic acid groups (broad SMARTS) is 1. The summed E-state index contributed by atoms with van der Waals surface area (Å²) in [5, 5.41) is 34.8. The van der Waals surface area contributed by atoms with E-state index in [1.54, 1.807) is 17.5 Å². The van der Waals surface area contributed by atoms with Crippen LogP contribution in [0.4, 0.5) is 8.78 Å². The third-order valence-corrected chi connectivity index (χ3v) is 6.92. The Hall–Kier alpha value is -2.99. The van der Waals surface area contributed by atoms with Crippen LogP contribution < -0.4 is 10.6 Å². The van der Waals surface area contributed by atoms with Crippen molar-refractivity contribution in [1.82, 2.24) is 10.6 Å². The highest BCUT2D eigenvalue weighted by Crippen LogP contribution is 2.35. The second-order valence-electron chi connectivity index (χ2n) is 8.21. The molecule has 5 N–H and O–H groups in total. The number of aliphatic hydroxyl groups is 2. The smallest absolute Gasteiger partial charge is 0.328 e. The number of hydrogen-bond donors (Lipinski definition) is 5. The van der Waals surface area contributed by atoms with E-state index in [0.29, 0.717) is 11.3 Å². The van der Waals surface area contributed by atoms with Crippen molar-refractivity contribution in [2.75, 3.05) is 6.54 Å². The maximum Gasteiger partial charge on any atom is 0.328 e. The summed E-state index contributed by atoms with van der Waals surface area (Å²) < 4.78 is 29.6. The number of carbonyl (C=O) groups is 3. The zero-order valence-electron chi connectivity index (χ0n) is 19.0. The molecule has 0 aliphatic heterocycles. The lowest BCUT2D eigenvalue weighted by Gasteiger charge is -2.26. The van der Waals surface area contributed by atoms with E-state index in [0.717, 1.165) is 29.5 Å². The van der Waals surface area contributed by atoms with Gasteiger partial charge in [-0.2, -0.15) is 0 Å². The lowest BCUT2D eigenvalue weighted by molar-refractivity contribution is -0.139. The van der Waals surface area contributed by atoms with Crippen molar-refractivity contribution in [3.05, 3.63) is 79.2 Å². The first-order valence-corrected chi connectivity index (χ1v) is 12.5. The predicted octanol–water partition coefficient (Wildman–Crippen LogP) is 4.37. The largest absolute Gasteiger partial charge is 0.508 e. The van der Waals surface area contributed by atoms with Gasteiger partial charge >= 0.3 is 5.97 Å². The van der Waals surface area contributed by atoms with E-state index >= 15 is 0 Å². The topological polar surface area (TPSA) is 136 Å². The van der Waals surface area contributed by atoms with Crippen LogP contribution >= 0.6 is 34.5 Å². The number of nitrogens with one attached hydrogen (secondary N) is 2. The molecular formula is C24H22Cl2F2N2O6S. The van der Waals surface area contributed by atoms with E-state index in [2.05, 4.69) is 10.6 Å². The predicted molar refractivity (Wildman–Crippen MR) is 135 cm³/mol. The Kier molecular flexibility index (Phi) is 9.30. The molecule has 1 aromatic carbocycles. The molecule has 8 nitrogen and oxygen atoms in total. The second kappa shape index (κ2) is 12.0. The van der Waals surface area contributed by atoms with E-state index in [1.165, 1.54) is 6.08 Å². The van der Waals surface area contributed by atoms with Gasteiger partial charge in [0.1, 0.15) is 17.9 Å². The number of halogens is 4. The highest BCUT2D eigenvalue weighted by molar-refractivity contribution is 7.12. The van der Waals surface area contributed by atoms with Crippen LogP contribution in [0.5, 0.6) is 0 Å². The van der Waals surface area contributed by atoms with Gasteiger partial charge in [-0.25, -0.2) is 13.6 Å². The number of aliphatic hydroxyl groups excluding tert-OH is 2. The summed E-state index contributed by atoms with van der Waals surface area (Å²) in [7, 11) is 0. The minimum absolute atomic E-state index is 0.0240. The highest BCUT2D eigenvalue weighted by Gasteiger charge is 2.41. The normalized spacial score (nSPS) is 15.3. The Morgan fingerprint density at radius 2 is 1.84 bits per heavy atom. The number of aliphatic carboxylic acids is 1. The first kappa shape index (κ1) is 28.6. The molecule has 2 aromatic rings. The van der Waals surface area contributed by atoms with Gasteiger partial charge < -0.3 is 26.0 Å². The number of carboxylic acids is 1. The molecule has 1 aliphatic carbocycles. The fourth-order valence-electron chi connectivity index (χ4n) is 3.63. The number of allylic oxidation sites excluding steroid dienone is 2. The Balaban J connectivity index is 1.71. The summed E-state index contributed by atoms with van der Waals surface area (Å²) in [6.45, 7) is -0.435. The molecule has 13 heteroatoms. The molecule has 198 valence electrons. The van der Waals surface area contributed by atoms with Crippen LogP contribution in [0.1, 0.15) is 38.4 Å². The van der Waals surface area contributed by atoms with E-state index in [-0.39, 0.29) is 38.9 Å². The third kappa shape index (κ3) is 7.29. The quantitative estimate of drug-likeness (QED) is 0.286. The number of amides is 2. The molecule has 3 rings (SSSR count). The number of benzene rings is 1. The van der Waals surface area contributed by atoms with E-state index < -0.39 is 48.8 Å². The molecular weight excluding hydrogens is 553 g/mol. The average molecular weight is 575 g/mol. The summed E-state index contributed by atoms with van der Waals surface area (Å²) in [5.41, 5.74) is -0.439. The van der Waals surface area contributed by atoms with E-state index in [4.69, 9.17) is 23.2 Å².